The second-order valence-corrected chi connectivity index (χ2v) is 7.98. The van der Waals surface area contributed by atoms with Gasteiger partial charge in [0.15, 0.2) is 5.96 Å². The number of rotatable bonds is 9. The molecule has 2 aliphatic heterocycles. The van der Waals surface area contributed by atoms with Crippen molar-refractivity contribution < 1.29 is 18.9 Å². The zero-order chi connectivity index (χ0) is 21.3. The van der Waals surface area contributed by atoms with E-state index in [1.165, 1.54) is 5.56 Å². The fraction of sp³-hybridized carbons (Fsp3) is 0.696. The SMILES string of the molecule is CCNC(=NCc1cc2c(cc1OC)CC(C)O2)N1CCC(OCCCOC)CC1. The van der Waals surface area contributed by atoms with Crippen molar-refractivity contribution in [3.63, 3.8) is 0 Å². The van der Waals surface area contributed by atoms with Crippen LogP contribution in [-0.2, 0) is 22.4 Å². The Kier molecular flexibility index (Phi) is 8.63. The fourth-order valence-electron chi connectivity index (χ4n) is 4.07. The van der Waals surface area contributed by atoms with Gasteiger partial charge in [-0.2, -0.15) is 0 Å². The maximum absolute atomic E-state index is 5.99. The van der Waals surface area contributed by atoms with E-state index in [1.54, 1.807) is 14.2 Å². The molecule has 0 radical (unpaired) electrons. The lowest BCUT2D eigenvalue weighted by molar-refractivity contribution is 0.00990. The van der Waals surface area contributed by atoms with E-state index < -0.39 is 0 Å². The molecule has 1 unspecified atom stereocenters. The third-order valence-electron chi connectivity index (χ3n) is 5.62. The van der Waals surface area contributed by atoms with Crippen LogP contribution in [0.4, 0.5) is 0 Å². The molecule has 7 heteroatoms. The summed E-state index contributed by atoms with van der Waals surface area (Å²) >= 11 is 0. The average molecular weight is 420 g/mol. The highest BCUT2D eigenvalue weighted by Gasteiger charge is 2.23. The third-order valence-corrected chi connectivity index (χ3v) is 5.62. The summed E-state index contributed by atoms with van der Waals surface area (Å²) in [5, 5.41) is 3.44. The summed E-state index contributed by atoms with van der Waals surface area (Å²) in [4.78, 5) is 7.24. The molecule has 1 saturated heterocycles. The number of hydrogen-bond acceptors (Lipinski definition) is 5. The fourth-order valence-corrected chi connectivity index (χ4v) is 4.07. The molecule has 0 bridgehead atoms. The van der Waals surface area contributed by atoms with Crippen LogP contribution in [0, 0.1) is 0 Å². The summed E-state index contributed by atoms with van der Waals surface area (Å²) < 4.78 is 22.6. The number of ether oxygens (including phenoxy) is 4. The summed E-state index contributed by atoms with van der Waals surface area (Å²) in [7, 11) is 3.45. The van der Waals surface area contributed by atoms with Crippen LogP contribution in [0.25, 0.3) is 0 Å². The number of hydrogen-bond donors (Lipinski definition) is 1. The lowest BCUT2D eigenvalue weighted by atomic mass is 10.1. The normalized spacial score (nSPS) is 19.5. The standard InChI is InChI=1S/C23H37N3O4/c1-5-24-23(26-9-7-20(8-10-26)29-12-6-11-27-3)25-16-19-15-22-18(13-17(2)30-22)14-21(19)28-4/h14-15,17,20H,5-13,16H2,1-4H3,(H,24,25). The van der Waals surface area contributed by atoms with E-state index in [0.29, 0.717) is 12.6 Å². The van der Waals surface area contributed by atoms with Crippen molar-refractivity contribution in [2.24, 2.45) is 4.99 Å². The van der Waals surface area contributed by atoms with E-state index in [0.717, 1.165) is 81.6 Å². The largest absolute Gasteiger partial charge is 0.496 e. The molecule has 0 amide bonds. The Hall–Kier alpha value is -1.99. The minimum Gasteiger partial charge on any atom is -0.496 e. The van der Waals surface area contributed by atoms with Crippen LogP contribution in [0.5, 0.6) is 11.5 Å². The van der Waals surface area contributed by atoms with E-state index in [1.807, 2.05) is 0 Å². The van der Waals surface area contributed by atoms with Crippen LogP contribution in [0.3, 0.4) is 0 Å². The molecule has 2 heterocycles. The molecular weight excluding hydrogens is 382 g/mol. The molecule has 0 aliphatic carbocycles. The summed E-state index contributed by atoms with van der Waals surface area (Å²) in [5.41, 5.74) is 2.27. The topological polar surface area (TPSA) is 64.6 Å². The number of fused-ring (bicyclic) bond motifs is 1. The Labute approximate surface area is 180 Å². The van der Waals surface area contributed by atoms with E-state index in [9.17, 15) is 0 Å². The Balaban J connectivity index is 1.60. The second kappa shape index (κ2) is 11.4. The van der Waals surface area contributed by atoms with Crippen molar-refractivity contribution in [2.45, 2.75) is 58.3 Å². The molecule has 0 spiro atoms. The van der Waals surface area contributed by atoms with Gasteiger partial charge in [-0.15, -0.1) is 0 Å². The first-order valence-electron chi connectivity index (χ1n) is 11.1. The minimum atomic E-state index is 0.221. The first kappa shape index (κ1) is 22.7. The maximum atomic E-state index is 5.99. The van der Waals surface area contributed by atoms with Crippen LogP contribution in [0.1, 0.15) is 44.2 Å². The maximum Gasteiger partial charge on any atom is 0.194 e. The molecule has 1 aromatic carbocycles. The van der Waals surface area contributed by atoms with Gasteiger partial charge in [0.1, 0.15) is 17.6 Å². The van der Waals surface area contributed by atoms with Gasteiger partial charge in [-0.25, -0.2) is 4.99 Å². The quantitative estimate of drug-likeness (QED) is 0.377. The van der Waals surface area contributed by atoms with E-state index in [4.69, 9.17) is 23.9 Å². The van der Waals surface area contributed by atoms with Gasteiger partial charge in [0, 0.05) is 57.5 Å². The van der Waals surface area contributed by atoms with E-state index in [2.05, 4.69) is 36.2 Å². The minimum absolute atomic E-state index is 0.221. The number of likely N-dealkylation sites (tertiary alicyclic amines) is 1. The highest BCUT2D eigenvalue weighted by Crippen LogP contribution is 2.35. The van der Waals surface area contributed by atoms with Crippen LogP contribution < -0.4 is 14.8 Å². The first-order chi connectivity index (χ1) is 14.6. The second-order valence-electron chi connectivity index (χ2n) is 7.98. The van der Waals surface area contributed by atoms with Gasteiger partial charge >= 0.3 is 0 Å². The smallest absolute Gasteiger partial charge is 0.194 e. The molecule has 2 aliphatic rings. The Morgan fingerprint density at radius 1 is 1.23 bits per heavy atom. The Morgan fingerprint density at radius 3 is 2.73 bits per heavy atom. The van der Waals surface area contributed by atoms with E-state index in [-0.39, 0.29) is 6.10 Å². The van der Waals surface area contributed by atoms with Crippen LogP contribution in [0.2, 0.25) is 0 Å². The van der Waals surface area contributed by atoms with Gasteiger partial charge in [0.25, 0.3) is 0 Å². The predicted octanol–water partition coefficient (Wildman–Crippen LogP) is 3.00. The zero-order valence-electron chi connectivity index (χ0n) is 18.9. The van der Waals surface area contributed by atoms with Crippen molar-refractivity contribution in [1.29, 1.82) is 0 Å². The number of nitrogens with one attached hydrogen (secondary N) is 1. The van der Waals surface area contributed by atoms with Crippen molar-refractivity contribution in [3.8, 4) is 11.5 Å². The Morgan fingerprint density at radius 2 is 2.03 bits per heavy atom. The van der Waals surface area contributed by atoms with Gasteiger partial charge in [-0.05, 0) is 45.2 Å². The number of nitrogens with zero attached hydrogens (tertiary/aromatic N) is 2. The number of aliphatic imine (C=N–C) groups is 1. The third kappa shape index (κ3) is 6.01. The summed E-state index contributed by atoms with van der Waals surface area (Å²) in [6.45, 7) is 9.02. The summed E-state index contributed by atoms with van der Waals surface area (Å²) in [6.07, 6.45) is 4.47. The molecule has 0 aromatic heterocycles. The van der Waals surface area contributed by atoms with Gasteiger partial charge in [0.2, 0.25) is 0 Å². The van der Waals surface area contributed by atoms with Crippen molar-refractivity contribution in [1.82, 2.24) is 10.2 Å². The van der Waals surface area contributed by atoms with Gasteiger partial charge in [0.05, 0.1) is 19.8 Å². The van der Waals surface area contributed by atoms with Crippen molar-refractivity contribution in [2.75, 3.05) is 47.1 Å². The highest BCUT2D eigenvalue weighted by atomic mass is 16.5. The molecule has 1 atom stereocenters. The summed E-state index contributed by atoms with van der Waals surface area (Å²) in [5.74, 6) is 2.80. The lowest BCUT2D eigenvalue weighted by Crippen LogP contribution is -2.47. The number of methoxy groups -OCH3 is 2. The number of guanidine groups is 1. The molecule has 1 fully saturated rings. The molecular formula is C23H37N3O4. The predicted molar refractivity (Wildman–Crippen MR) is 119 cm³/mol. The first-order valence-corrected chi connectivity index (χ1v) is 11.1. The molecule has 1 aromatic rings. The average Bonchev–Trinajstić information content (AvgIpc) is 3.12. The monoisotopic (exact) mass is 419 g/mol. The van der Waals surface area contributed by atoms with Crippen LogP contribution in [0.15, 0.2) is 17.1 Å². The molecule has 0 saturated carbocycles. The van der Waals surface area contributed by atoms with Gasteiger partial charge < -0.3 is 29.2 Å². The molecule has 30 heavy (non-hydrogen) atoms. The molecule has 7 nitrogen and oxygen atoms in total. The molecule has 3 rings (SSSR count). The lowest BCUT2D eigenvalue weighted by Gasteiger charge is -2.34. The van der Waals surface area contributed by atoms with Gasteiger partial charge in [-0.3, -0.25) is 0 Å². The molecule has 168 valence electrons. The summed E-state index contributed by atoms with van der Waals surface area (Å²) in [6, 6.07) is 4.19. The molecule has 1 N–H and O–H groups in total. The van der Waals surface area contributed by atoms with Crippen LogP contribution >= 0.6 is 0 Å². The van der Waals surface area contributed by atoms with Crippen molar-refractivity contribution in [3.05, 3.63) is 23.3 Å². The Bertz CT molecular complexity index is 702. The van der Waals surface area contributed by atoms with Gasteiger partial charge in [-0.1, -0.05) is 0 Å². The van der Waals surface area contributed by atoms with Crippen molar-refractivity contribution >= 4 is 5.96 Å². The zero-order valence-corrected chi connectivity index (χ0v) is 18.9. The van der Waals surface area contributed by atoms with E-state index >= 15 is 0 Å². The number of benzene rings is 1. The van der Waals surface area contributed by atoms with Crippen LogP contribution in [-0.4, -0.2) is 70.1 Å². The highest BCUT2D eigenvalue weighted by molar-refractivity contribution is 5.80. The number of piperidine rings is 1.